The minimum atomic E-state index is -0.324. The van der Waals surface area contributed by atoms with Gasteiger partial charge in [0.2, 0.25) is 11.8 Å². The summed E-state index contributed by atoms with van der Waals surface area (Å²) in [5, 5.41) is 3.17. The van der Waals surface area contributed by atoms with E-state index in [0.29, 0.717) is 28.1 Å². The summed E-state index contributed by atoms with van der Waals surface area (Å²) in [4.78, 5) is 41.4. The number of thiazole rings is 1. The molecule has 0 radical (unpaired) electrons. The number of ether oxygens (including phenoxy) is 1. The van der Waals surface area contributed by atoms with Gasteiger partial charge < -0.3 is 10.1 Å². The SMILES string of the molecule is CCOc1ncc(C(=O)Nc2cccc(N3C(=O)CCC3=O)c2)s1. The van der Waals surface area contributed by atoms with Crippen LogP contribution in [0.25, 0.3) is 0 Å². The second-order valence-corrected chi connectivity index (χ2v) is 6.04. The molecule has 1 aromatic heterocycles. The Balaban J connectivity index is 1.75. The lowest BCUT2D eigenvalue weighted by Gasteiger charge is -2.15. The molecule has 124 valence electrons. The van der Waals surface area contributed by atoms with E-state index in [4.69, 9.17) is 4.74 Å². The van der Waals surface area contributed by atoms with Gasteiger partial charge in [0.1, 0.15) is 4.88 Å². The van der Waals surface area contributed by atoms with Gasteiger partial charge >= 0.3 is 0 Å². The molecule has 1 aromatic carbocycles. The number of nitrogens with one attached hydrogen (secondary N) is 1. The third kappa shape index (κ3) is 3.28. The van der Waals surface area contributed by atoms with Crippen molar-refractivity contribution >= 4 is 40.4 Å². The Hall–Kier alpha value is -2.74. The molecule has 0 saturated carbocycles. The summed E-state index contributed by atoms with van der Waals surface area (Å²) in [7, 11) is 0. The van der Waals surface area contributed by atoms with E-state index in [1.54, 1.807) is 24.3 Å². The molecular formula is C16H15N3O4S. The Morgan fingerprint density at radius 1 is 1.33 bits per heavy atom. The first-order valence-corrected chi connectivity index (χ1v) is 8.26. The van der Waals surface area contributed by atoms with Crippen molar-refractivity contribution in [3.63, 3.8) is 0 Å². The Morgan fingerprint density at radius 3 is 2.79 bits per heavy atom. The lowest BCUT2D eigenvalue weighted by atomic mass is 10.2. The summed E-state index contributed by atoms with van der Waals surface area (Å²) in [6, 6.07) is 6.64. The summed E-state index contributed by atoms with van der Waals surface area (Å²) < 4.78 is 5.24. The van der Waals surface area contributed by atoms with Crippen LogP contribution in [-0.2, 0) is 9.59 Å². The van der Waals surface area contributed by atoms with Gasteiger partial charge in [0.05, 0.1) is 18.5 Å². The lowest BCUT2D eigenvalue weighted by Crippen LogP contribution is -2.28. The number of amides is 3. The number of aromatic nitrogens is 1. The van der Waals surface area contributed by atoms with Crippen molar-refractivity contribution < 1.29 is 19.1 Å². The van der Waals surface area contributed by atoms with E-state index in [2.05, 4.69) is 10.3 Å². The van der Waals surface area contributed by atoms with Crippen molar-refractivity contribution in [2.24, 2.45) is 0 Å². The standard InChI is InChI=1S/C16H15N3O4S/c1-2-23-16-17-9-12(24-16)15(22)18-10-4-3-5-11(8-10)19-13(20)6-7-14(19)21/h3-5,8-9H,2,6-7H2,1H3,(H,18,22). The Kier molecular flexibility index (Phi) is 4.57. The van der Waals surface area contributed by atoms with E-state index in [1.807, 2.05) is 6.92 Å². The third-order valence-corrected chi connectivity index (χ3v) is 4.30. The van der Waals surface area contributed by atoms with Crippen LogP contribution in [0.15, 0.2) is 30.5 Å². The highest BCUT2D eigenvalue weighted by Crippen LogP contribution is 2.26. The highest BCUT2D eigenvalue weighted by Gasteiger charge is 2.30. The van der Waals surface area contributed by atoms with Crippen molar-refractivity contribution in [3.05, 3.63) is 35.3 Å². The minimum Gasteiger partial charge on any atom is -0.470 e. The molecule has 24 heavy (non-hydrogen) atoms. The van der Waals surface area contributed by atoms with Crippen LogP contribution < -0.4 is 15.0 Å². The fourth-order valence-corrected chi connectivity index (χ4v) is 3.05. The van der Waals surface area contributed by atoms with Gasteiger partial charge in [-0.15, -0.1) is 0 Å². The molecule has 2 aromatic rings. The van der Waals surface area contributed by atoms with Gasteiger partial charge in [-0.1, -0.05) is 17.4 Å². The van der Waals surface area contributed by atoms with Gasteiger partial charge in [-0.2, -0.15) is 0 Å². The Labute approximate surface area is 142 Å². The molecule has 0 aliphatic carbocycles. The number of carbonyl (C=O) groups is 3. The molecule has 1 fully saturated rings. The molecule has 1 aliphatic heterocycles. The first-order chi connectivity index (χ1) is 11.6. The fraction of sp³-hybridized carbons (Fsp3) is 0.250. The molecule has 1 saturated heterocycles. The quantitative estimate of drug-likeness (QED) is 0.841. The van der Waals surface area contributed by atoms with Crippen molar-refractivity contribution in [3.8, 4) is 5.19 Å². The van der Waals surface area contributed by atoms with E-state index in [1.165, 1.54) is 6.20 Å². The van der Waals surface area contributed by atoms with E-state index in [0.717, 1.165) is 16.2 Å². The first-order valence-electron chi connectivity index (χ1n) is 7.44. The van der Waals surface area contributed by atoms with Gasteiger partial charge in [0.25, 0.3) is 11.1 Å². The normalized spacial score (nSPS) is 14.1. The van der Waals surface area contributed by atoms with Crippen LogP contribution >= 0.6 is 11.3 Å². The number of hydrogen-bond acceptors (Lipinski definition) is 6. The fourth-order valence-electron chi connectivity index (χ4n) is 2.33. The lowest BCUT2D eigenvalue weighted by molar-refractivity contribution is -0.121. The summed E-state index contributed by atoms with van der Waals surface area (Å²) in [6.45, 7) is 2.32. The molecule has 0 spiro atoms. The van der Waals surface area contributed by atoms with Gasteiger partial charge in [0.15, 0.2) is 0 Å². The van der Waals surface area contributed by atoms with Crippen LogP contribution in [0.2, 0.25) is 0 Å². The zero-order valence-corrected chi connectivity index (χ0v) is 13.8. The molecule has 1 N–H and O–H groups in total. The Bertz CT molecular complexity index is 786. The van der Waals surface area contributed by atoms with Crippen molar-refractivity contribution in [2.45, 2.75) is 19.8 Å². The number of hydrogen-bond donors (Lipinski definition) is 1. The molecule has 0 bridgehead atoms. The number of benzene rings is 1. The Morgan fingerprint density at radius 2 is 2.08 bits per heavy atom. The van der Waals surface area contributed by atoms with Crippen molar-refractivity contribution in [1.29, 1.82) is 0 Å². The number of rotatable bonds is 5. The molecule has 3 amide bonds. The maximum atomic E-state index is 12.2. The van der Waals surface area contributed by atoms with Crippen molar-refractivity contribution in [1.82, 2.24) is 4.98 Å². The number of nitrogens with zero attached hydrogens (tertiary/aromatic N) is 2. The zero-order chi connectivity index (χ0) is 17.1. The average molecular weight is 345 g/mol. The van der Waals surface area contributed by atoms with Crippen LogP contribution in [0.5, 0.6) is 5.19 Å². The van der Waals surface area contributed by atoms with Gasteiger partial charge in [-0.05, 0) is 25.1 Å². The summed E-state index contributed by atoms with van der Waals surface area (Å²) in [5.41, 5.74) is 0.955. The second kappa shape index (κ2) is 6.79. The van der Waals surface area contributed by atoms with Gasteiger partial charge in [-0.3, -0.25) is 19.3 Å². The number of carbonyl (C=O) groups excluding carboxylic acids is 3. The molecule has 0 atom stereocenters. The van der Waals surface area contributed by atoms with Crippen LogP contribution in [0.1, 0.15) is 29.4 Å². The molecule has 2 heterocycles. The van der Waals surface area contributed by atoms with E-state index < -0.39 is 0 Å². The molecule has 1 aliphatic rings. The minimum absolute atomic E-state index is 0.219. The van der Waals surface area contributed by atoms with Crippen molar-refractivity contribution in [2.75, 3.05) is 16.8 Å². The second-order valence-electron chi connectivity index (χ2n) is 5.05. The van der Waals surface area contributed by atoms with Crippen LogP contribution in [0.4, 0.5) is 11.4 Å². The highest BCUT2D eigenvalue weighted by molar-refractivity contribution is 7.15. The maximum Gasteiger partial charge on any atom is 0.273 e. The zero-order valence-electron chi connectivity index (χ0n) is 12.9. The van der Waals surface area contributed by atoms with E-state index >= 15 is 0 Å². The topological polar surface area (TPSA) is 88.6 Å². The molecule has 8 heteroatoms. The van der Waals surface area contributed by atoms with Gasteiger partial charge in [0, 0.05) is 18.5 Å². The highest BCUT2D eigenvalue weighted by atomic mass is 32.1. The predicted octanol–water partition coefficient (Wildman–Crippen LogP) is 2.45. The maximum absolute atomic E-state index is 12.2. The summed E-state index contributed by atoms with van der Waals surface area (Å²) >= 11 is 1.15. The van der Waals surface area contributed by atoms with E-state index in [9.17, 15) is 14.4 Å². The monoisotopic (exact) mass is 345 g/mol. The average Bonchev–Trinajstić information content (AvgIpc) is 3.15. The van der Waals surface area contributed by atoms with Gasteiger partial charge in [-0.25, -0.2) is 4.98 Å². The smallest absolute Gasteiger partial charge is 0.273 e. The number of anilines is 2. The largest absolute Gasteiger partial charge is 0.470 e. The molecule has 7 nitrogen and oxygen atoms in total. The first kappa shape index (κ1) is 16.1. The summed E-state index contributed by atoms with van der Waals surface area (Å²) in [5.74, 6) is -0.783. The molecule has 3 rings (SSSR count). The van der Waals surface area contributed by atoms with Crippen LogP contribution in [0.3, 0.4) is 0 Å². The van der Waals surface area contributed by atoms with Crippen LogP contribution in [-0.4, -0.2) is 29.3 Å². The third-order valence-electron chi connectivity index (χ3n) is 3.39. The van der Waals surface area contributed by atoms with Crippen LogP contribution in [0, 0.1) is 0 Å². The predicted molar refractivity (Wildman–Crippen MR) is 89.4 cm³/mol. The number of imide groups is 1. The van der Waals surface area contributed by atoms with E-state index in [-0.39, 0.29) is 30.6 Å². The molecular weight excluding hydrogens is 330 g/mol. The summed E-state index contributed by atoms with van der Waals surface area (Å²) in [6.07, 6.45) is 1.88. The molecule has 0 unspecified atom stereocenters.